The zero-order chi connectivity index (χ0) is 13.4. The second-order valence-corrected chi connectivity index (χ2v) is 4.59. The molecule has 18 heavy (non-hydrogen) atoms. The molecule has 2 N–H and O–H groups in total. The Hall–Kier alpha value is -1.63. The lowest BCUT2D eigenvalue weighted by atomic mass is 10.0. The van der Waals surface area contributed by atoms with Crippen molar-refractivity contribution in [2.24, 2.45) is 0 Å². The molecule has 0 aromatic heterocycles. The number of hydrogen-bond acceptors (Lipinski definition) is 3. The van der Waals surface area contributed by atoms with E-state index in [0.29, 0.717) is 12.1 Å². The second kappa shape index (κ2) is 6.95. The molecule has 0 saturated carbocycles. The molecule has 0 aliphatic heterocycles. The van der Waals surface area contributed by atoms with Crippen molar-refractivity contribution < 1.29 is 5.11 Å². The van der Waals surface area contributed by atoms with Crippen LogP contribution in [0.4, 0.5) is 0 Å². The minimum Gasteiger partial charge on any atom is -0.394 e. The average molecular weight is 244 g/mol. The number of nitriles is 1. The number of benzene rings is 1. The summed E-state index contributed by atoms with van der Waals surface area (Å²) in [5, 5.41) is 21.2. The Labute approximate surface area is 109 Å². The van der Waals surface area contributed by atoms with Crippen molar-refractivity contribution in [3.8, 4) is 6.07 Å². The maximum Gasteiger partial charge on any atom is 0.0991 e. The normalized spacial score (nSPS) is 14.3. The van der Waals surface area contributed by atoms with Crippen LogP contribution in [0.15, 0.2) is 30.3 Å². The fraction of sp³-hybridized carbons (Fsp3) is 0.400. The van der Waals surface area contributed by atoms with Gasteiger partial charge in [-0.15, -0.1) is 0 Å². The van der Waals surface area contributed by atoms with Gasteiger partial charge in [0.25, 0.3) is 0 Å². The lowest BCUT2D eigenvalue weighted by Gasteiger charge is -2.26. The molecule has 1 atom stereocenters. The van der Waals surface area contributed by atoms with E-state index < -0.39 is 0 Å². The first-order valence-corrected chi connectivity index (χ1v) is 6.16. The molecule has 0 aliphatic rings. The lowest BCUT2D eigenvalue weighted by molar-refractivity contribution is 0.174. The molecule has 3 nitrogen and oxygen atoms in total. The Bertz CT molecular complexity index is 425. The number of aliphatic hydroxyl groups is 1. The van der Waals surface area contributed by atoms with Gasteiger partial charge in [-0.2, -0.15) is 5.26 Å². The van der Waals surface area contributed by atoms with E-state index in [9.17, 15) is 5.11 Å². The molecule has 0 bridgehead atoms. The topological polar surface area (TPSA) is 56.0 Å². The number of hydrogen-bond donors (Lipinski definition) is 2. The zero-order valence-corrected chi connectivity index (χ0v) is 11.0. The maximum atomic E-state index is 9.24. The Morgan fingerprint density at radius 3 is 2.56 bits per heavy atom. The van der Waals surface area contributed by atoms with E-state index in [1.54, 1.807) is 12.1 Å². The first-order chi connectivity index (χ1) is 8.63. The van der Waals surface area contributed by atoms with Crippen molar-refractivity contribution in [2.45, 2.75) is 25.8 Å². The first kappa shape index (κ1) is 14.4. The SMILES string of the molecule is CCC(C)(CO)NC/C=C/c1ccc(C#N)cc1. The summed E-state index contributed by atoms with van der Waals surface area (Å²) in [6, 6.07) is 9.53. The predicted octanol–water partition coefficient (Wildman–Crippen LogP) is 2.32. The largest absolute Gasteiger partial charge is 0.394 e. The van der Waals surface area contributed by atoms with E-state index in [2.05, 4.69) is 11.4 Å². The summed E-state index contributed by atoms with van der Waals surface area (Å²) < 4.78 is 0. The van der Waals surface area contributed by atoms with Crippen LogP contribution in [0.25, 0.3) is 6.08 Å². The van der Waals surface area contributed by atoms with E-state index in [1.165, 1.54) is 0 Å². The summed E-state index contributed by atoms with van der Waals surface area (Å²) in [7, 11) is 0. The standard InChI is InChI=1S/C15H20N2O/c1-3-15(2,12-18)17-10-4-5-13-6-8-14(11-16)9-7-13/h4-9,17-18H,3,10,12H2,1-2H3/b5-4+. The highest BCUT2D eigenvalue weighted by Gasteiger charge is 2.18. The number of nitrogens with one attached hydrogen (secondary N) is 1. The van der Waals surface area contributed by atoms with Gasteiger partial charge in [0.05, 0.1) is 18.2 Å². The Balaban J connectivity index is 2.48. The van der Waals surface area contributed by atoms with Gasteiger partial charge < -0.3 is 10.4 Å². The highest BCUT2D eigenvalue weighted by atomic mass is 16.3. The fourth-order valence-corrected chi connectivity index (χ4v) is 1.46. The Kier molecular flexibility index (Phi) is 5.57. The molecule has 0 heterocycles. The van der Waals surface area contributed by atoms with Crippen LogP contribution >= 0.6 is 0 Å². The molecule has 0 aliphatic carbocycles. The molecule has 1 aromatic rings. The highest BCUT2D eigenvalue weighted by Crippen LogP contribution is 2.08. The number of aliphatic hydroxyl groups excluding tert-OH is 1. The smallest absolute Gasteiger partial charge is 0.0991 e. The molecule has 0 amide bonds. The van der Waals surface area contributed by atoms with E-state index >= 15 is 0 Å². The quantitative estimate of drug-likeness (QED) is 0.807. The minimum absolute atomic E-state index is 0.133. The maximum absolute atomic E-state index is 9.24. The molecule has 1 unspecified atom stereocenters. The predicted molar refractivity (Wildman–Crippen MR) is 74.0 cm³/mol. The van der Waals surface area contributed by atoms with Crippen LogP contribution in [-0.4, -0.2) is 23.8 Å². The van der Waals surface area contributed by atoms with Crippen LogP contribution in [0.2, 0.25) is 0 Å². The van der Waals surface area contributed by atoms with E-state index in [1.807, 2.05) is 38.1 Å². The van der Waals surface area contributed by atoms with Crippen molar-refractivity contribution in [1.82, 2.24) is 5.32 Å². The summed E-state index contributed by atoms with van der Waals surface area (Å²) in [5.74, 6) is 0. The Morgan fingerprint density at radius 1 is 1.39 bits per heavy atom. The van der Waals surface area contributed by atoms with Crippen molar-refractivity contribution in [2.75, 3.05) is 13.2 Å². The molecule has 0 radical (unpaired) electrons. The van der Waals surface area contributed by atoms with Crippen molar-refractivity contribution in [1.29, 1.82) is 5.26 Å². The monoisotopic (exact) mass is 244 g/mol. The van der Waals surface area contributed by atoms with Gasteiger partial charge in [-0.1, -0.05) is 31.2 Å². The second-order valence-electron chi connectivity index (χ2n) is 4.59. The van der Waals surface area contributed by atoms with Crippen molar-refractivity contribution in [3.05, 3.63) is 41.5 Å². The van der Waals surface area contributed by atoms with Crippen LogP contribution in [0.3, 0.4) is 0 Å². The summed E-state index contributed by atoms with van der Waals surface area (Å²) >= 11 is 0. The van der Waals surface area contributed by atoms with Gasteiger partial charge in [0.2, 0.25) is 0 Å². The summed E-state index contributed by atoms with van der Waals surface area (Å²) in [5.41, 5.74) is 1.52. The average Bonchev–Trinajstić information content (AvgIpc) is 2.44. The van der Waals surface area contributed by atoms with Gasteiger partial charge in [0.1, 0.15) is 0 Å². The van der Waals surface area contributed by atoms with Crippen molar-refractivity contribution >= 4 is 6.08 Å². The molecular weight excluding hydrogens is 224 g/mol. The van der Waals surface area contributed by atoms with Crippen LogP contribution in [0.1, 0.15) is 31.4 Å². The number of nitrogens with zero attached hydrogens (tertiary/aromatic N) is 1. The van der Waals surface area contributed by atoms with Gasteiger partial charge in [-0.3, -0.25) is 0 Å². The Morgan fingerprint density at radius 2 is 2.06 bits per heavy atom. The van der Waals surface area contributed by atoms with Gasteiger partial charge in [-0.05, 0) is 31.0 Å². The molecule has 1 rings (SSSR count). The minimum atomic E-state index is -0.213. The molecule has 0 saturated heterocycles. The highest BCUT2D eigenvalue weighted by molar-refractivity contribution is 5.51. The first-order valence-electron chi connectivity index (χ1n) is 6.16. The van der Waals surface area contributed by atoms with Gasteiger partial charge in [0, 0.05) is 12.1 Å². The van der Waals surface area contributed by atoms with Gasteiger partial charge in [-0.25, -0.2) is 0 Å². The van der Waals surface area contributed by atoms with Crippen molar-refractivity contribution in [3.63, 3.8) is 0 Å². The van der Waals surface area contributed by atoms with Gasteiger partial charge in [0.15, 0.2) is 0 Å². The van der Waals surface area contributed by atoms with E-state index in [0.717, 1.165) is 12.0 Å². The molecule has 3 heteroatoms. The molecule has 1 aromatic carbocycles. The molecular formula is C15H20N2O. The third-order valence-corrected chi connectivity index (χ3v) is 3.13. The molecule has 0 fully saturated rings. The van der Waals surface area contributed by atoms with Crippen LogP contribution in [0, 0.1) is 11.3 Å². The van der Waals surface area contributed by atoms with Gasteiger partial charge >= 0.3 is 0 Å². The summed E-state index contributed by atoms with van der Waals surface area (Å²) in [4.78, 5) is 0. The van der Waals surface area contributed by atoms with E-state index in [4.69, 9.17) is 5.26 Å². The zero-order valence-electron chi connectivity index (χ0n) is 11.0. The number of rotatable bonds is 6. The van der Waals surface area contributed by atoms with Crippen LogP contribution < -0.4 is 5.32 Å². The molecule has 96 valence electrons. The summed E-state index contributed by atoms with van der Waals surface area (Å²) in [6.07, 6.45) is 4.90. The van der Waals surface area contributed by atoms with E-state index in [-0.39, 0.29) is 12.1 Å². The fourth-order valence-electron chi connectivity index (χ4n) is 1.46. The summed E-state index contributed by atoms with van der Waals surface area (Å²) in [6.45, 7) is 4.90. The van der Waals surface area contributed by atoms with Crippen LogP contribution in [0.5, 0.6) is 0 Å². The lowest BCUT2D eigenvalue weighted by Crippen LogP contribution is -2.45. The third-order valence-electron chi connectivity index (χ3n) is 3.13. The third kappa shape index (κ3) is 4.33. The molecule has 0 spiro atoms. The van der Waals surface area contributed by atoms with Crippen LogP contribution in [-0.2, 0) is 0 Å².